The number of halogens is 2. The van der Waals surface area contributed by atoms with Gasteiger partial charge >= 0.3 is 0 Å². The van der Waals surface area contributed by atoms with Gasteiger partial charge in [-0.1, -0.05) is 18.5 Å². The molecular formula is C14H21Cl2N3O. The zero-order valence-electron chi connectivity index (χ0n) is 12.0. The van der Waals surface area contributed by atoms with Gasteiger partial charge in [-0.2, -0.15) is 0 Å². The molecule has 0 aliphatic carbocycles. The summed E-state index contributed by atoms with van der Waals surface area (Å²) in [6.45, 7) is 3.86. The number of benzene rings is 1. The van der Waals surface area contributed by atoms with Gasteiger partial charge in [0, 0.05) is 18.1 Å². The Morgan fingerprint density at radius 1 is 1.40 bits per heavy atom. The van der Waals surface area contributed by atoms with Crippen LogP contribution in [0.4, 0.5) is 5.69 Å². The second-order valence-electron chi connectivity index (χ2n) is 5.06. The first-order valence-electron chi connectivity index (χ1n) is 6.54. The summed E-state index contributed by atoms with van der Waals surface area (Å²) in [6, 6.07) is 5.44. The van der Waals surface area contributed by atoms with Gasteiger partial charge in [0.25, 0.3) is 5.91 Å². The monoisotopic (exact) mass is 317 g/mol. The third-order valence-corrected chi connectivity index (χ3v) is 3.60. The Morgan fingerprint density at radius 3 is 2.70 bits per heavy atom. The van der Waals surface area contributed by atoms with Gasteiger partial charge in [0.2, 0.25) is 0 Å². The van der Waals surface area contributed by atoms with Crippen molar-refractivity contribution < 1.29 is 4.79 Å². The highest BCUT2D eigenvalue weighted by Gasteiger charge is 2.29. The van der Waals surface area contributed by atoms with Gasteiger partial charge < -0.3 is 15.1 Å². The van der Waals surface area contributed by atoms with Crippen molar-refractivity contribution >= 4 is 35.6 Å². The molecule has 4 nitrogen and oxygen atoms in total. The van der Waals surface area contributed by atoms with Crippen molar-refractivity contribution in [3.8, 4) is 0 Å². The average Bonchev–Trinajstić information content (AvgIpc) is 2.36. The van der Waals surface area contributed by atoms with E-state index < -0.39 is 0 Å². The lowest BCUT2D eigenvalue weighted by molar-refractivity contribution is 0.0925. The molecule has 2 rings (SSSR count). The van der Waals surface area contributed by atoms with E-state index in [0.29, 0.717) is 10.6 Å². The van der Waals surface area contributed by atoms with Crippen molar-refractivity contribution in [3.63, 3.8) is 0 Å². The molecule has 1 unspecified atom stereocenters. The SMILES string of the molecule is CCC1NC(=O)c2ccc(Cl)cc2N1CCN(C)C.Cl. The minimum atomic E-state index is -0.0142. The maximum atomic E-state index is 12.1. The molecule has 0 spiro atoms. The highest BCUT2D eigenvalue weighted by Crippen LogP contribution is 2.29. The molecule has 1 amide bonds. The fourth-order valence-electron chi connectivity index (χ4n) is 2.32. The Kier molecular flexibility index (Phi) is 6.11. The third kappa shape index (κ3) is 3.57. The zero-order valence-corrected chi connectivity index (χ0v) is 13.6. The van der Waals surface area contributed by atoms with Crippen LogP contribution in [0.5, 0.6) is 0 Å². The molecule has 1 heterocycles. The molecule has 0 aromatic heterocycles. The van der Waals surface area contributed by atoms with E-state index in [9.17, 15) is 4.79 Å². The topological polar surface area (TPSA) is 35.6 Å². The van der Waals surface area contributed by atoms with Crippen LogP contribution in [0, 0.1) is 0 Å². The van der Waals surface area contributed by atoms with Gasteiger partial charge in [-0.15, -0.1) is 12.4 Å². The van der Waals surface area contributed by atoms with Crippen molar-refractivity contribution in [1.82, 2.24) is 10.2 Å². The number of nitrogens with zero attached hydrogens (tertiary/aromatic N) is 2. The molecule has 1 aliphatic heterocycles. The van der Waals surface area contributed by atoms with Crippen molar-refractivity contribution in [2.75, 3.05) is 32.1 Å². The van der Waals surface area contributed by atoms with Gasteiger partial charge in [-0.3, -0.25) is 4.79 Å². The van der Waals surface area contributed by atoms with Crippen LogP contribution in [-0.4, -0.2) is 44.2 Å². The van der Waals surface area contributed by atoms with E-state index in [1.54, 1.807) is 12.1 Å². The summed E-state index contributed by atoms with van der Waals surface area (Å²) in [5, 5.41) is 3.71. The Balaban J connectivity index is 0.00000200. The molecule has 1 aromatic carbocycles. The van der Waals surface area contributed by atoms with E-state index in [4.69, 9.17) is 11.6 Å². The highest BCUT2D eigenvalue weighted by atomic mass is 35.5. The van der Waals surface area contributed by atoms with Crippen LogP contribution in [0.3, 0.4) is 0 Å². The highest BCUT2D eigenvalue weighted by molar-refractivity contribution is 6.31. The standard InChI is InChI=1S/C14H20ClN3O.ClH/c1-4-13-16-14(19)11-6-5-10(15)9-12(11)18(13)8-7-17(2)3;/h5-6,9,13H,4,7-8H2,1-3H3,(H,16,19);1H. The lowest BCUT2D eigenvalue weighted by atomic mass is 10.1. The molecule has 0 fully saturated rings. The first-order valence-corrected chi connectivity index (χ1v) is 6.92. The summed E-state index contributed by atoms with van der Waals surface area (Å²) in [5.74, 6) is -0.0142. The van der Waals surface area contributed by atoms with E-state index in [1.807, 2.05) is 20.2 Å². The summed E-state index contributed by atoms with van der Waals surface area (Å²) in [6.07, 6.45) is 0.906. The third-order valence-electron chi connectivity index (χ3n) is 3.36. The summed E-state index contributed by atoms with van der Waals surface area (Å²) >= 11 is 6.07. The number of carbonyl (C=O) groups excluding carboxylic acids is 1. The van der Waals surface area contributed by atoms with E-state index in [0.717, 1.165) is 25.2 Å². The first-order chi connectivity index (χ1) is 9.02. The van der Waals surface area contributed by atoms with Gasteiger partial charge in [0.1, 0.15) is 6.17 Å². The maximum absolute atomic E-state index is 12.1. The van der Waals surface area contributed by atoms with Crippen molar-refractivity contribution in [2.45, 2.75) is 19.5 Å². The van der Waals surface area contributed by atoms with Crippen LogP contribution in [0.2, 0.25) is 5.02 Å². The number of amides is 1. The Morgan fingerprint density at radius 2 is 2.10 bits per heavy atom. The smallest absolute Gasteiger partial charge is 0.254 e. The fraction of sp³-hybridized carbons (Fsp3) is 0.500. The summed E-state index contributed by atoms with van der Waals surface area (Å²) in [5.41, 5.74) is 1.64. The summed E-state index contributed by atoms with van der Waals surface area (Å²) in [4.78, 5) is 16.4. The lowest BCUT2D eigenvalue weighted by Gasteiger charge is -2.39. The average molecular weight is 318 g/mol. The van der Waals surface area contributed by atoms with Crippen molar-refractivity contribution in [1.29, 1.82) is 0 Å². The van der Waals surface area contributed by atoms with Crippen LogP contribution >= 0.6 is 24.0 Å². The quantitative estimate of drug-likeness (QED) is 0.927. The van der Waals surface area contributed by atoms with Crippen LogP contribution in [0.1, 0.15) is 23.7 Å². The number of hydrogen-bond donors (Lipinski definition) is 1. The number of hydrogen-bond acceptors (Lipinski definition) is 3. The molecule has 1 atom stereocenters. The fourth-order valence-corrected chi connectivity index (χ4v) is 2.48. The van der Waals surface area contributed by atoms with Gasteiger partial charge in [-0.25, -0.2) is 0 Å². The lowest BCUT2D eigenvalue weighted by Crippen LogP contribution is -2.54. The van der Waals surface area contributed by atoms with E-state index in [-0.39, 0.29) is 24.5 Å². The van der Waals surface area contributed by atoms with Crippen molar-refractivity contribution in [3.05, 3.63) is 28.8 Å². The molecule has 0 bridgehead atoms. The van der Waals surface area contributed by atoms with Crippen LogP contribution in [-0.2, 0) is 0 Å². The van der Waals surface area contributed by atoms with E-state index in [2.05, 4.69) is 22.0 Å². The number of fused-ring (bicyclic) bond motifs is 1. The van der Waals surface area contributed by atoms with Crippen LogP contribution < -0.4 is 10.2 Å². The molecular weight excluding hydrogens is 297 g/mol. The Bertz CT molecular complexity index is 479. The predicted octanol–water partition coefficient (Wildman–Crippen LogP) is 2.61. The predicted molar refractivity (Wildman–Crippen MR) is 86.1 cm³/mol. The van der Waals surface area contributed by atoms with Gasteiger partial charge in [0.05, 0.1) is 11.3 Å². The maximum Gasteiger partial charge on any atom is 0.254 e. The molecule has 0 saturated carbocycles. The number of likely N-dealkylation sites (N-methyl/N-ethyl adjacent to an activating group) is 1. The molecule has 0 radical (unpaired) electrons. The number of carbonyl (C=O) groups is 1. The van der Waals surface area contributed by atoms with Crippen LogP contribution in [0.25, 0.3) is 0 Å². The second-order valence-corrected chi connectivity index (χ2v) is 5.49. The molecule has 1 N–H and O–H groups in total. The van der Waals surface area contributed by atoms with Gasteiger partial charge in [0.15, 0.2) is 0 Å². The zero-order chi connectivity index (χ0) is 14.0. The van der Waals surface area contributed by atoms with Gasteiger partial charge in [-0.05, 0) is 38.7 Å². The Hall–Kier alpha value is -0.970. The number of nitrogens with one attached hydrogen (secondary N) is 1. The van der Waals surface area contributed by atoms with Crippen LogP contribution in [0.15, 0.2) is 18.2 Å². The molecule has 1 aliphatic rings. The normalized spacial score (nSPS) is 17.6. The van der Waals surface area contributed by atoms with Crippen molar-refractivity contribution in [2.24, 2.45) is 0 Å². The number of rotatable bonds is 4. The first kappa shape index (κ1) is 17.1. The van der Waals surface area contributed by atoms with E-state index >= 15 is 0 Å². The molecule has 20 heavy (non-hydrogen) atoms. The minimum absolute atomic E-state index is 0. The second kappa shape index (κ2) is 7.16. The molecule has 1 aromatic rings. The molecule has 0 saturated heterocycles. The minimum Gasteiger partial charge on any atom is -0.349 e. The summed E-state index contributed by atoms with van der Waals surface area (Å²) < 4.78 is 0. The number of anilines is 1. The largest absolute Gasteiger partial charge is 0.349 e. The van der Waals surface area contributed by atoms with E-state index in [1.165, 1.54) is 0 Å². The molecule has 6 heteroatoms. The molecule has 112 valence electrons. The summed E-state index contributed by atoms with van der Waals surface area (Å²) in [7, 11) is 4.09. The Labute approximate surface area is 131 Å².